The summed E-state index contributed by atoms with van der Waals surface area (Å²) in [6.07, 6.45) is 0. The van der Waals surface area contributed by atoms with Gasteiger partial charge in [-0.25, -0.2) is 4.79 Å². The number of carbonyl (C=O) groups is 1. The first-order valence-electron chi connectivity index (χ1n) is 10.7. The predicted octanol–water partition coefficient (Wildman–Crippen LogP) is 4.01. The Labute approximate surface area is 195 Å². The summed E-state index contributed by atoms with van der Waals surface area (Å²) >= 11 is 0. The molecule has 0 unspecified atom stereocenters. The number of carboxylic acids is 1. The van der Waals surface area contributed by atoms with Gasteiger partial charge in [0, 0.05) is 11.1 Å². The van der Waals surface area contributed by atoms with Gasteiger partial charge in [0.2, 0.25) is 5.60 Å². The van der Waals surface area contributed by atoms with E-state index in [1.807, 2.05) is 6.07 Å². The number of para-hydroxylation sites is 1. The summed E-state index contributed by atoms with van der Waals surface area (Å²) in [6, 6.07) is 21.9. The first-order valence-corrected chi connectivity index (χ1v) is 10.7. The largest absolute Gasteiger partial charge is 0.508 e. The van der Waals surface area contributed by atoms with Crippen molar-refractivity contribution in [2.45, 2.75) is 17.6 Å². The second kappa shape index (κ2) is 8.24. The van der Waals surface area contributed by atoms with E-state index < -0.39 is 23.5 Å². The summed E-state index contributed by atoms with van der Waals surface area (Å²) in [7, 11) is 1.56. The number of aliphatic hydroxyl groups is 1. The maximum Gasteiger partial charge on any atom is 0.341 e. The number of carboxylic acid groups (broad SMARTS) is 1. The number of anilines is 1. The fraction of sp³-hybridized carbons (Fsp3) is 0.154. The SMILES string of the molecule is COc1ccc(-c2[nH]nc3c2[C@](O)(C(=O)O)[C@H](c2ccccc2)[C@H](c2ccccc2O)N3)cc1. The highest BCUT2D eigenvalue weighted by Gasteiger charge is 2.57. The van der Waals surface area contributed by atoms with Gasteiger partial charge >= 0.3 is 5.97 Å². The Morgan fingerprint density at radius 3 is 2.32 bits per heavy atom. The van der Waals surface area contributed by atoms with Gasteiger partial charge in [-0.3, -0.25) is 5.10 Å². The van der Waals surface area contributed by atoms with Crippen LogP contribution in [0.3, 0.4) is 0 Å². The Morgan fingerprint density at radius 2 is 1.68 bits per heavy atom. The Hall–Kier alpha value is -4.30. The molecule has 8 nitrogen and oxygen atoms in total. The smallest absolute Gasteiger partial charge is 0.341 e. The molecule has 4 aromatic rings. The number of hydrogen-bond acceptors (Lipinski definition) is 6. The van der Waals surface area contributed by atoms with Gasteiger partial charge in [-0.15, -0.1) is 0 Å². The lowest BCUT2D eigenvalue weighted by molar-refractivity contribution is -0.163. The molecular formula is C26H23N3O5. The monoisotopic (exact) mass is 457 g/mol. The minimum absolute atomic E-state index is 0.0111. The summed E-state index contributed by atoms with van der Waals surface area (Å²) in [6.45, 7) is 0. The molecule has 172 valence electrons. The molecule has 0 bridgehead atoms. The summed E-state index contributed by atoms with van der Waals surface area (Å²) in [5, 5.41) is 43.6. The molecular weight excluding hydrogens is 434 g/mol. The highest BCUT2D eigenvalue weighted by molar-refractivity contribution is 5.89. The summed E-state index contributed by atoms with van der Waals surface area (Å²) in [5.74, 6) is -1.56. The molecule has 0 spiro atoms. The summed E-state index contributed by atoms with van der Waals surface area (Å²) in [4.78, 5) is 12.9. The fourth-order valence-corrected chi connectivity index (χ4v) is 4.75. The van der Waals surface area contributed by atoms with Gasteiger partial charge in [0.25, 0.3) is 0 Å². The Morgan fingerprint density at radius 1 is 1.00 bits per heavy atom. The van der Waals surface area contributed by atoms with Gasteiger partial charge in [0.05, 0.1) is 30.3 Å². The maximum absolute atomic E-state index is 12.9. The van der Waals surface area contributed by atoms with Crippen molar-refractivity contribution in [1.29, 1.82) is 0 Å². The number of nitrogens with one attached hydrogen (secondary N) is 2. The number of methoxy groups -OCH3 is 1. The zero-order valence-corrected chi connectivity index (χ0v) is 18.3. The van der Waals surface area contributed by atoms with Crippen molar-refractivity contribution < 1.29 is 24.9 Å². The van der Waals surface area contributed by atoms with Gasteiger partial charge in [-0.1, -0.05) is 48.5 Å². The second-order valence-corrected chi connectivity index (χ2v) is 8.19. The summed E-state index contributed by atoms with van der Waals surface area (Å²) < 4.78 is 5.22. The Kier molecular flexibility index (Phi) is 5.22. The van der Waals surface area contributed by atoms with Crippen LogP contribution < -0.4 is 10.1 Å². The summed E-state index contributed by atoms with van der Waals surface area (Å²) in [5.41, 5.74) is -0.158. The van der Waals surface area contributed by atoms with Crippen LogP contribution in [-0.2, 0) is 10.4 Å². The molecule has 3 aromatic carbocycles. The van der Waals surface area contributed by atoms with E-state index in [4.69, 9.17) is 4.74 Å². The molecule has 8 heteroatoms. The lowest BCUT2D eigenvalue weighted by Gasteiger charge is -2.43. The standard InChI is InChI=1S/C26H23N3O5/c1-34-17-13-11-16(12-14-17)22-21-24(29-28-22)27-23(18-9-5-6-10-19(18)30)20(26(21,33)25(31)32)15-7-3-2-4-8-15/h2-14,20,23,30,33H,1H3,(H,31,32)(H2,27,28,29)/t20-,23+,26+/m1/s1. The number of phenols is 1. The zero-order valence-electron chi connectivity index (χ0n) is 18.3. The lowest BCUT2D eigenvalue weighted by atomic mass is 9.68. The highest BCUT2D eigenvalue weighted by atomic mass is 16.5. The number of fused-ring (bicyclic) bond motifs is 1. The van der Waals surface area contributed by atoms with Crippen LogP contribution in [-0.4, -0.2) is 38.6 Å². The Balaban J connectivity index is 1.76. The van der Waals surface area contributed by atoms with Gasteiger partial charge in [0.1, 0.15) is 11.5 Å². The number of aromatic nitrogens is 2. The van der Waals surface area contributed by atoms with E-state index in [2.05, 4.69) is 15.5 Å². The van der Waals surface area contributed by atoms with Crippen molar-refractivity contribution in [3.63, 3.8) is 0 Å². The van der Waals surface area contributed by atoms with Crippen molar-refractivity contribution in [3.8, 4) is 22.8 Å². The number of aromatic hydroxyl groups is 1. The number of benzene rings is 3. The number of phenolic OH excluding ortho intramolecular Hbond substituents is 1. The third-order valence-electron chi connectivity index (χ3n) is 6.36. The van der Waals surface area contributed by atoms with Gasteiger partial charge in [-0.2, -0.15) is 5.10 Å². The minimum atomic E-state index is -2.36. The second-order valence-electron chi connectivity index (χ2n) is 8.19. The van der Waals surface area contributed by atoms with Crippen molar-refractivity contribution in [3.05, 3.63) is 95.6 Å². The molecule has 2 heterocycles. The molecule has 1 aromatic heterocycles. The molecule has 5 N–H and O–H groups in total. The normalized spacial score (nSPS) is 21.4. The molecule has 0 fully saturated rings. The first-order chi connectivity index (χ1) is 16.4. The molecule has 3 atom stereocenters. The van der Waals surface area contributed by atoms with Gasteiger partial charge in [0.15, 0.2) is 5.82 Å². The number of aliphatic carboxylic acids is 1. The zero-order chi connectivity index (χ0) is 23.9. The molecule has 0 radical (unpaired) electrons. The van der Waals surface area contributed by atoms with Gasteiger partial charge < -0.3 is 25.4 Å². The van der Waals surface area contributed by atoms with Crippen molar-refractivity contribution in [1.82, 2.24) is 10.2 Å². The first kappa shape index (κ1) is 21.5. The third-order valence-corrected chi connectivity index (χ3v) is 6.36. The number of nitrogens with zero attached hydrogens (tertiary/aromatic N) is 1. The Bertz CT molecular complexity index is 1340. The quantitative estimate of drug-likeness (QED) is 0.306. The van der Waals surface area contributed by atoms with Crippen LogP contribution >= 0.6 is 0 Å². The number of hydrogen-bond donors (Lipinski definition) is 5. The number of H-pyrrole nitrogens is 1. The molecule has 0 aliphatic carbocycles. The van der Waals surface area contributed by atoms with Crippen LogP contribution in [0.4, 0.5) is 5.82 Å². The fourth-order valence-electron chi connectivity index (χ4n) is 4.75. The van der Waals surface area contributed by atoms with Crippen LogP contribution in [0.2, 0.25) is 0 Å². The molecule has 5 rings (SSSR count). The molecule has 34 heavy (non-hydrogen) atoms. The van der Waals surface area contributed by atoms with E-state index in [1.54, 1.807) is 73.8 Å². The number of aromatic amines is 1. The number of rotatable bonds is 5. The van der Waals surface area contributed by atoms with Crippen LogP contribution in [0.5, 0.6) is 11.5 Å². The average Bonchev–Trinajstić information content (AvgIpc) is 3.29. The van der Waals surface area contributed by atoms with Crippen LogP contribution in [0.15, 0.2) is 78.9 Å². The highest BCUT2D eigenvalue weighted by Crippen LogP contribution is 2.55. The maximum atomic E-state index is 12.9. The number of ether oxygens (including phenoxy) is 1. The van der Waals surface area contributed by atoms with E-state index >= 15 is 0 Å². The van der Waals surface area contributed by atoms with Crippen LogP contribution in [0.1, 0.15) is 28.7 Å². The van der Waals surface area contributed by atoms with Crippen LogP contribution in [0, 0.1) is 0 Å². The van der Waals surface area contributed by atoms with Gasteiger partial charge in [-0.05, 0) is 35.9 Å². The van der Waals surface area contributed by atoms with Crippen molar-refractivity contribution in [2.24, 2.45) is 0 Å². The van der Waals surface area contributed by atoms with E-state index in [9.17, 15) is 20.1 Å². The third kappa shape index (κ3) is 3.27. The minimum Gasteiger partial charge on any atom is -0.508 e. The van der Waals surface area contributed by atoms with E-state index in [1.165, 1.54) is 6.07 Å². The predicted molar refractivity (Wildman–Crippen MR) is 126 cm³/mol. The molecule has 0 amide bonds. The molecule has 0 saturated carbocycles. The lowest BCUT2D eigenvalue weighted by Crippen LogP contribution is -2.49. The van der Waals surface area contributed by atoms with Crippen LogP contribution in [0.25, 0.3) is 11.3 Å². The van der Waals surface area contributed by atoms with Crippen molar-refractivity contribution >= 4 is 11.8 Å². The van der Waals surface area contributed by atoms with E-state index in [0.717, 1.165) is 0 Å². The molecule has 1 aliphatic heterocycles. The molecule has 1 aliphatic rings. The molecule has 0 saturated heterocycles. The average molecular weight is 457 g/mol. The topological polar surface area (TPSA) is 128 Å². The van der Waals surface area contributed by atoms with Crippen molar-refractivity contribution in [2.75, 3.05) is 12.4 Å². The van der Waals surface area contributed by atoms with E-state index in [0.29, 0.717) is 28.1 Å². The van der Waals surface area contributed by atoms with E-state index in [-0.39, 0.29) is 17.1 Å².